The van der Waals surface area contributed by atoms with E-state index in [9.17, 15) is 14.0 Å². The Bertz CT molecular complexity index is 1310. The predicted octanol–water partition coefficient (Wildman–Crippen LogP) is 3.94. The summed E-state index contributed by atoms with van der Waals surface area (Å²) < 4.78 is 55.0. The SMILES string of the molecule is C[Si](C)(C)O[C@@H]1[C@H](n2cc(F)c(=O)[nH]c2=O)O[C@](CF)(COCc2ccccc2)[C@H]1OCc1ccccc1. The molecule has 0 unspecified atom stereocenters. The standard InChI is InChI=1S/C27H32F2N2O6Si/c1-38(2,3)37-22-23(35-16-20-12-8-5-9-13-20)27(17-28,18-34-15-19-10-6-4-7-11-19)36-25(22)31-14-21(29)24(32)30-26(31)33/h4-14,22-23,25H,15-18H2,1-3H3,(H,30,32,33)/t22-,23-,25+,27+/m0/s1. The van der Waals surface area contributed by atoms with Crippen molar-refractivity contribution in [2.24, 2.45) is 0 Å². The number of alkyl halides is 1. The molecule has 3 aromatic rings. The first-order chi connectivity index (χ1) is 18.1. The third-order valence-electron chi connectivity index (χ3n) is 6.10. The molecule has 11 heteroatoms. The average molecular weight is 547 g/mol. The molecule has 2 aromatic carbocycles. The highest BCUT2D eigenvalue weighted by Gasteiger charge is 2.59. The lowest BCUT2D eigenvalue weighted by atomic mass is 9.97. The van der Waals surface area contributed by atoms with Crippen LogP contribution >= 0.6 is 0 Å². The maximum atomic E-state index is 15.0. The van der Waals surface area contributed by atoms with Gasteiger partial charge in [-0.05, 0) is 30.8 Å². The lowest BCUT2D eigenvalue weighted by Crippen LogP contribution is -2.52. The van der Waals surface area contributed by atoms with Crippen LogP contribution < -0.4 is 11.2 Å². The van der Waals surface area contributed by atoms with Crippen molar-refractivity contribution < 1.29 is 27.4 Å². The summed E-state index contributed by atoms with van der Waals surface area (Å²) in [6, 6.07) is 18.7. The second-order valence-corrected chi connectivity index (χ2v) is 14.7. The molecule has 4 rings (SSSR count). The van der Waals surface area contributed by atoms with E-state index in [0.717, 1.165) is 21.9 Å². The molecule has 204 valence electrons. The van der Waals surface area contributed by atoms with Crippen LogP contribution in [0.3, 0.4) is 0 Å². The van der Waals surface area contributed by atoms with E-state index in [1.165, 1.54) is 0 Å². The zero-order valence-corrected chi connectivity index (χ0v) is 22.6. The topological polar surface area (TPSA) is 91.8 Å². The molecule has 0 radical (unpaired) electrons. The first-order valence-corrected chi connectivity index (χ1v) is 15.7. The van der Waals surface area contributed by atoms with Crippen LogP contribution in [0.15, 0.2) is 76.4 Å². The number of hydrogen-bond acceptors (Lipinski definition) is 6. The summed E-state index contributed by atoms with van der Waals surface area (Å²) in [6.07, 6.45) is -2.55. The summed E-state index contributed by atoms with van der Waals surface area (Å²) in [5.74, 6) is -1.18. The summed E-state index contributed by atoms with van der Waals surface area (Å²) in [7, 11) is -2.35. The van der Waals surface area contributed by atoms with Crippen molar-refractivity contribution in [2.75, 3.05) is 13.3 Å². The number of nitrogens with one attached hydrogen (secondary N) is 1. The molecular weight excluding hydrogens is 514 g/mol. The first-order valence-electron chi connectivity index (χ1n) is 12.3. The van der Waals surface area contributed by atoms with Gasteiger partial charge in [-0.25, -0.2) is 9.18 Å². The molecule has 1 aliphatic heterocycles. The molecule has 2 heterocycles. The summed E-state index contributed by atoms with van der Waals surface area (Å²) >= 11 is 0. The number of ether oxygens (including phenoxy) is 3. The number of aromatic nitrogens is 2. The second-order valence-electron chi connectivity index (χ2n) is 10.2. The minimum atomic E-state index is -2.35. The largest absolute Gasteiger partial charge is 0.407 e. The van der Waals surface area contributed by atoms with Gasteiger partial charge in [0.25, 0.3) is 5.56 Å². The van der Waals surface area contributed by atoms with Crippen LogP contribution in [-0.4, -0.2) is 49.0 Å². The fraction of sp³-hybridized carbons (Fsp3) is 0.407. The monoisotopic (exact) mass is 546 g/mol. The van der Waals surface area contributed by atoms with Crippen LogP contribution in [0.2, 0.25) is 19.6 Å². The maximum Gasteiger partial charge on any atom is 0.330 e. The highest BCUT2D eigenvalue weighted by Crippen LogP contribution is 2.42. The third-order valence-corrected chi connectivity index (χ3v) is 7.08. The molecule has 4 atom stereocenters. The van der Waals surface area contributed by atoms with Crippen LogP contribution in [0.4, 0.5) is 8.78 Å². The molecular formula is C27H32F2N2O6Si. The molecule has 0 bridgehead atoms. The Morgan fingerprint density at radius 3 is 2.18 bits per heavy atom. The zero-order chi connectivity index (χ0) is 27.3. The van der Waals surface area contributed by atoms with Crippen molar-refractivity contribution >= 4 is 8.32 Å². The van der Waals surface area contributed by atoms with Crippen molar-refractivity contribution in [3.63, 3.8) is 0 Å². The molecule has 1 N–H and O–H groups in total. The molecule has 1 aliphatic rings. The smallest absolute Gasteiger partial charge is 0.330 e. The van der Waals surface area contributed by atoms with Crippen LogP contribution in [-0.2, 0) is 31.9 Å². The Labute approximate surface area is 220 Å². The van der Waals surface area contributed by atoms with E-state index < -0.39 is 56.1 Å². The van der Waals surface area contributed by atoms with E-state index in [1.807, 2.05) is 85.3 Å². The van der Waals surface area contributed by atoms with E-state index in [2.05, 4.69) is 0 Å². The molecule has 1 saturated heterocycles. The van der Waals surface area contributed by atoms with Crippen molar-refractivity contribution in [3.05, 3.63) is 105 Å². The Kier molecular flexibility index (Phi) is 8.73. The number of benzene rings is 2. The Hall–Kier alpha value is -2.96. The van der Waals surface area contributed by atoms with Crippen LogP contribution in [0, 0.1) is 5.82 Å². The number of hydrogen-bond donors (Lipinski definition) is 1. The van der Waals surface area contributed by atoms with Crippen molar-refractivity contribution in [1.29, 1.82) is 0 Å². The second kappa shape index (κ2) is 11.8. The van der Waals surface area contributed by atoms with Gasteiger partial charge in [-0.15, -0.1) is 0 Å². The van der Waals surface area contributed by atoms with Gasteiger partial charge in [-0.2, -0.15) is 4.39 Å². The van der Waals surface area contributed by atoms with Crippen molar-refractivity contribution in [2.45, 2.75) is 56.9 Å². The van der Waals surface area contributed by atoms with E-state index in [0.29, 0.717) is 0 Å². The molecule has 0 aliphatic carbocycles. The number of nitrogens with zero attached hydrogens (tertiary/aromatic N) is 1. The van der Waals surface area contributed by atoms with E-state index >= 15 is 4.39 Å². The quantitative estimate of drug-likeness (QED) is 0.367. The lowest BCUT2D eigenvalue weighted by Gasteiger charge is -2.34. The molecule has 1 fully saturated rings. The summed E-state index contributed by atoms with van der Waals surface area (Å²) in [4.78, 5) is 26.3. The lowest BCUT2D eigenvalue weighted by molar-refractivity contribution is -0.165. The Morgan fingerprint density at radius 1 is 1.00 bits per heavy atom. The molecule has 38 heavy (non-hydrogen) atoms. The van der Waals surface area contributed by atoms with Gasteiger partial charge < -0.3 is 18.6 Å². The van der Waals surface area contributed by atoms with E-state index in [1.54, 1.807) is 0 Å². The molecule has 8 nitrogen and oxygen atoms in total. The van der Waals surface area contributed by atoms with Crippen LogP contribution in [0.5, 0.6) is 0 Å². The summed E-state index contributed by atoms with van der Waals surface area (Å²) in [5, 5.41) is 0. The van der Waals surface area contributed by atoms with Gasteiger partial charge in [0.05, 0.1) is 26.0 Å². The number of aromatic amines is 1. The summed E-state index contributed by atoms with van der Waals surface area (Å²) in [5.41, 5.74) is -2.02. The minimum absolute atomic E-state index is 0.114. The molecule has 0 amide bonds. The van der Waals surface area contributed by atoms with Crippen LogP contribution in [0.1, 0.15) is 17.4 Å². The average Bonchev–Trinajstić information content (AvgIpc) is 3.18. The number of rotatable bonds is 11. The van der Waals surface area contributed by atoms with Crippen molar-refractivity contribution in [3.8, 4) is 0 Å². The fourth-order valence-electron chi connectivity index (χ4n) is 4.40. The van der Waals surface area contributed by atoms with Gasteiger partial charge >= 0.3 is 5.69 Å². The van der Waals surface area contributed by atoms with Gasteiger partial charge in [0.15, 0.2) is 20.1 Å². The van der Waals surface area contributed by atoms with Crippen LogP contribution in [0.25, 0.3) is 0 Å². The van der Waals surface area contributed by atoms with E-state index in [-0.39, 0.29) is 19.8 Å². The summed E-state index contributed by atoms with van der Waals surface area (Å²) in [6.45, 7) is 4.84. The van der Waals surface area contributed by atoms with Gasteiger partial charge in [0, 0.05) is 0 Å². The highest BCUT2D eigenvalue weighted by atomic mass is 28.4. The third kappa shape index (κ3) is 6.53. The Morgan fingerprint density at radius 2 is 1.61 bits per heavy atom. The van der Waals surface area contributed by atoms with Gasteiger partial charge in [-0.3, -0.25) is 14.3 Å². The number of halogens is 2. The minimum Gasteiger partial charge on any atom is -0.407 e. The fourth-order valence-corrected chi connectivity index (χ4v) is 5.46. The van der Waals surface area contributed by atoms with Gasteiger partial charge in [0.2, 0.25) is 5.82 Å². The Balaban J connectivity index is 1.72. The highest BCUT2D eigenvalue weighted by molar-refractivity contribution is 6.69. The zero-order valence-electron chi connectivity index (χ0n) is 21.6. The molecule has 0 spiro atoms. The number of H-pyrrole nitrogens is 1. The maximum absolute atomic E-state index is 15.0. The normalized spacial score (nSPS) is 23.6. The molecule has 1 aromatic heterocycles. The van der Waals surface area contributed by atoms with Gasteiger partial charge in [0.1, 0.15) is 18.9 Å². The first kappa shape index (κ1) is 28.1. The predicted molar refractivity (Wildman–Crippen MR) is 139 cm³/mol. The van der Waals surface area contributed by atoms with E-state index in [4.69, 9.17) is 18.6 Å². The van der Waals surface area contributed by atoms with Gasteiger partial charge in [-0.1, -0.05) is 60.7 Å². The molecule has 0 saturated carbocycles. The van der Waals surface area contributed by atoms with Crippen molar-refractivity contribution in [1.82, 2.24) is 9.55 Å².